The van der Waals surface area contributed by atoms with Crippen molar-refractivity contribution in [3.05, 3.63) is 25.0 Å². The fourth-order valence-corrected chi connectivity index (χ4v) is 4.03. The molecule has 3 N–H and O–H groups in total. The second-order valence-electron chi connectivity index (χ2n) is 3.74. The van der Waals surface area contributed by atoms with Crippen LogP contribution in [-0.4, -0.2) is 23.6 Å². The van der Waals surface area contributed by atoms with E-state index >= 15 is 0 Å². The summed E-state index contributed by atoms with van der Waals surface area (Å²) in [5.41, 5.74) is 5.35. The van der Waals surface area contributed by atoms with Gasteiger partial charge in [-0.1, -0.05) is 15.9 Å². The SMILES string of the molecule is CCOC(=O)C(F)(F)[C@H](N)c1c(Br)cc(Br)c(O)c1Br.Cl. The van der Waals surface area contributed by atoms with Gasteiger partial charge in [-0.25, -0.2) is 4.79 Å². The normalized spacial score (nSPS) is 12.5. The van der Waals surface area contributed by atoms with Crippen LogP contribution < -0.4 is 5.73 Å². The molecule has 0 saturated carbocycles. The molecule has 0 aliphatic heterocycles. The summed E-state index contributed by atoms with van der Waals surface area (Å²) < 4.78 is 32.7. The molecule has 4 nitrogen and oxygen atoms in total. The molecule has 0 aliphatic rings. The maximum atomic E-state index is 13.9. The highest BCUT2D eigenvalue weighted by Gasteiger charge is 2.49. The van der Waals surface area contributed by atoms with Gasteiger partial charge in [0.15, 0.2) is 0 Å². The van der Waals surface area contributed by atoms with Gasteiger partial charge in [0, 0.05) is 10.0 Å². The first-order chi connectivity index (χ1) is 9.14. The highest BCUT2D eigenvalue weighted by molar-refractivity contribution is 9.11. The Kier molecular flexibility index (Phi) is 8.07. The monoisotopic (exact) mass is 515 g/mol. The lowest BCUT2D eigenvalue weighted by atomic mass is 10.0. The van der Waals surface area contributed by atoms with Crippen molar-refractivity contribution in [2.45, 2.75) is 18.9 Å². The van der Waals surface area contributed by atoms with Gasteiger partial charge in [-0.3, -0.25) is 0 Å². The van der Waals surface area contributed by atoms with E-state index in [1.807, 2.05) is 0 Å². The van der Waals surface area contributed by atoms with E-state index in [0.717, 1.165) is 0 Å². The topological polar surface area (TPSA) is 72.5 Å². The van der Waals surface area contributed by atoms with E-state index in [4.69, 9.17) is 5.73 Å². The Hall–Kier alpha value is 0.0400. The van der Waals surface area contributed by atoms with Crippen LogP contribution in [0.4, 0.5) is 8.78 Å². The Balaban J connectivity index is 0.00000400. The third-order valence-corrected chi connectivity index (χ3v) is 4.49. The number of phenols is 1. The number of carbonyl (C=O) groups is 1. The number of esters is 1. The molecule has 0 unspecified atom stereocenters. The lowest BCUT2D eigenvalue weighted by Crippen LogP contribution is -2.42. The van der Waals surface area contributed by atoms with Crippen LogP contribution in [0.3, 0.4) is 0 Å². The number of halogens is 6. The van der Waals surface area contributed by atoms with Gasteiger partial charge in [-0.2, -0.15) is 8.78 Å². The maximum Gasteiger partial charge on any atom is 0.379 e. The van der Waals surface area contributed by atoms with E-state index < -0.39 is 17.9 Å². The van der Waals surface area contributed by atoms with Crippen molar-refractivity contribution in [3.63, 3.8) is 0 Å². The molecule has 0 radical (unpaired) electrons. The van der Waals surface area contributed by atoms with E-state index in [-0.39, 0.29) is 43.7 Å². The van der Waals surface area contributed by atoms with Gasteiger partial charge in [0.05, 0.1) is 15.6 Å². The van der Waals surface area contributed by atoms with Gasteiger partial charge in [0.1, 0.15) is 11.8 Å². The van der Waals surface area contributed by atoms with Crippen LogP contribution in [-0.2, 0) is 9.53 Å². The summed E-state index contributed by atoms with van der Waals surface area (Å²) in [6, 6.07) is -0.624. The number of nitrogens with two attached hydrogens (primary N) is 1. The minimum atomic E-state index is -3.93. The summed E-state index contributed by atoms with van der Waals surface area (Å²) in [5.74, 6) is -5.94. The molecule has 0 fully saturated rings. The Morgan fingerprint density at radius 1 is 1.43 bits per heavy atom. The van der Waals surface area contributed by atoms with Crippen molar-refractivity contribution in [2.24, 2.45) is 5.73 Å². The molecule has 21 heavy (non-hydrogen) atoms. The second kappa shape index (κ2) is 8.05. The molecule has 1 aromatic carbocycles. The predicted octanol–water partition coefficient (Wildman–Crippen LogP) is 4.30. The number of benzene rings is 1. The molecule has 120 valence electrons. The zero-order valence-corrected chi connectivity index (χ0v) is 16.1. The van der Waals surface area contributed by atoms with Gasteiger partial charge in [-0.05, 0) is 44.8 Å². The van der Waals surface area contributed by atoms with Crippen LogP contribution in [0, 0.1) is 0 Å². The highest BCUT2D eigenvalue weighted by atomic mass is 79.9. The fraction of sp³-hybridized carbons (Fsp3) is 0.364. The molecule has 0 saturated heterocycles. The lowest BCUT2D eigenvalue weighted by Gasteiger charge is -2.24. The number of carbonyl (C=O) groups excluding carboxylic acids is 1. The number of alkyl halides is 2. The Morgan fingerprint density at radius 2 is 1.95 bits per heavy atom. The van der Waals surface area contributed by atoms with E-state index in [0.29, 0.717) is 0 Å². The first-order valence-electron chi connectivity index (χ1n) is 5.31. The number of hydrogen-bond acceptors (Lipinski definition) is 4. The summed E-state index contributed by atoms with van der Waals surface area (Å²) in [6.07, 6.45) is 0. The van der Waals surface area contributed by atoms with Gasteiger partial charge in [0.25, 0.3) is 0 Å². The van der Waals surface area contributed by atoms with Crippen molar-refractivity contribution >= 4 is 66.2 Å². The molecule has 1 atom stereocenters. The zero-order chi connectivity index (χ0) is 15.7. The highest BCUT2D eigenvalue weighted by Crippen LogP contribution is 2.45. The van der Waals surface area contributed by atoms with Crippen LogP contribution in [0.25, 0.3) is 0 Å². The summed E-state index contributed by atoms with van der Waals surface area (Å²) in [4.78, 5) is 11.3. The lowest BCUT2D eigenvalue weighted by molar-refractivity contribution is -0.174. The van der Waals surface area contributed by atoms with Crippen LogP contribution in [0.5, 0.6) is 5.75 Å². The van der Waals surface area contributed by atoms with Gasteiger partial charge in [-0.15, -0.1) is 12.4 Å². The van der Waals surface area contributed by atoms with Crippen molar-refractivity contribution in [1.29, 1.82) is 0 Å². The summed E-state index contributed by atoms with van der Waals surface area (Å²) in [6.45, 7) is 1.23. The van der Waals surface area contributed by atoms with Gasteiger partial charge < -0.3 is 15.6 Å². The number of phenolic OH excluding ortho intramolecular Hbond substituents is 1. The molecule has 0 amide bonds. The van der Waals surface area contributed by atoms with Crippen molar-refractivity contribution < 1.29 is 23.4 Å². The molecule has 1 aromatic rings. The third kappa shape index (κ3) is 4.28. The molecule has 0 spiro atoms. The molecule has 1 rings (SSSR count). The Labute approximate surface area is 151 Å². The van der Waals surface area contributed by atoms with Crippen LogP contribution in [0.2, 0.25) is 0 Å². The molecule has 0 bridgehead atoms. The van der Waals surface area contributed by atoms with E-state index in [2.05, 4.69) is 52.5 Å². The number of ether oxygens (including phenoxy) is 1. The van der Waals surface area contributed by atoms with Crippen LogP contribution >= 0.6 is 60.2 Å². The second-order valence-corrected chi connectivity index (χ2v) is 6.24. The van der Waals surface area contributed by atoms with Crippen LogP contribution in [0.1, 0.15) is 18.5 Å². The fourth-order valence-electron chi connectivity index (χ4n) is 1.42. The standard InChI is InChI=1S/C11H10Br3F2NO3.ClH/c1-2-20-10(19)11(15,16)9(17)6-4(12)3-5(13)8(18)7(6)14;/h3,9,18H,2,17H2,1H3;1H/t9-;/m1./s1. The molecular weight excluding hydrogens is 507 g/mol. The first kappa shape index (κ1) is 21.0. The molecule has 0 aliphatic carbocycles. The smallest absolute Gasteiger partial charge is 0.379 e. The van der Waals surface area contributed by atoms with Crippen molar-refractivity contribution in [3.8, 4) is 5.75 Å². The van der Waals surface area contributed by atoms with E-state index in [1.54, 1.807) is 0 Å². The molecule has 10 heteroatoms. The first-order valence-corrected chi connectivity index (χ1v) is 7.69. The van der Waals surface area contributed by atoms with E-state index in [9.17, 15) is 18.7 Å². The Bertz CT molecular complexity index is 546. The summed E-state index contributed by atoms with van der Waals surface area (Å²) >= 11 is 9.12. The predicted molar refractivity (Wildman–Crippen MR) is 87.0 cm³/mol. The van der Waals surface area contributed by atoms with Gasteiger partial charge in [0.2, 0.25) is 0 Å². The summed E-state index contributed by atoms with van der Waals surface area (Å²) in [5, 5.41) is 9.74. The average molecular weight is 518 g/mol. The third-order valence-electron chi connectivity index (χ3n) is 2.43. The molecule has 0 heterocycles. The average Bonchev–Trinajstić information content (AvgIpc) is 2.36. The van der Waals surface area contributed by atoms with Crippen molar-refractivity contribution in [2.75, 3.05) is 6.61 Å². The van der Waals surface area contributed by atoms with E-state index in [1.165, 1.54) is 13.0 Å². The maximum absolute atomic E-state index is 13.9. The van der Waals surface area contributed by atoms with Gasteiger partial charge >= 0.3 is 11.9 Å². The van der Waals surface area contributed by atoms with Crippen LogP contribution in [0.15, 0.2) is 19.5 Å². The molecular formula is C11H11Br3ClF2NO3. The molecule has 0 aromatic heterocycles. The summed E-state index contributed by atoms with van der Waals surface area (Å²) in [7, 11) is 0. The van der Waals surface area contributed by atoms with Crippen molar-refractivity contribution in [1.82, 2.24) is 0 Å². The minimum absolute atomic E-state index is 0. The number of hydrogen-bond donors (Lipinski definition) is 2. The minimum Gasteiger partial charge on any atom is -0.506 e. The zero-order valence-electron chi connectivity index (χ0n) is 10.5. The largest absolute Gasteiger partial charge is 0.506 e. The Morgan fingerprint density at radius 3 is 2.43 bits per heavy atom. The number of rotatable bonds is 4. The number of aromatic hydroxyl groups is 1. The quantitative estimate of drug-likeness (QED) is 0.584.